The predicted molar refractivity (Wildman–Crippen MR) is 108 cm³/mol. The molecule has 6 heteroatoms. The van der Waals surface area contributed by atoms with Crippen LogP contribution < -0.4 is 0 Å². The monoisotopic (exact) mass is 394 g/mol. The van der Waals surface area contributed by atoms with E-state index >= 15 is 0 Å². The fourth-order valence-electron chi connectivity index (χ4n) is 3.38. The smallest absolute Gasteiger partial charge is 0.339 e. The van der Waals surface area contributed by atoms with Crippen molar-refractivity contribution in [3.63, 3.8) is 0 Å². The van der Waals surface area contributed by atoms with Crippen molar-refractivity contribution in [2.45, 2.75) is 12.8 Å². The molecule has 0 unspecified atom stereocenters. The summed E-state index contributed by atoms with van der Waals surface area (Å²) in [6.45, 7) is 1.22. The maximum absolute atomic E-state index is 12.8. The normalized spacial score (nSPS) is 13.7. The Balaban J connectivity index is 1.63. The van der Waals surface area contributed by atoms with Gasteiger partial charge in [-0.05, 0) is 37.1 Å². The number of aromatic nitrogens is 1. The zero-order valence-corrected chi connectivity index (χ0v) is 16.0. The first-order chi connectivity index (χ1) is 13.6. The fourth-order valence-corrected chi connectivity index (χ4v) is 3.50. The number of carbonyl (C=O) groups is 2. The molecule has 0 radical (unpaired) electrons. The lowest BCUT2D eigenvalue weighted by Gasteiger charge is -2.15. The Labute approximate surface area is 167 Å². The van der Waals surface area contributed by atoms with Crippen LogP contribution in [0, 0.1) is 0 Å². The zero-order chi connectivity index (χ0) is 19.5. The number of benzene rings is 2. The Morgan fingerprint density at radius 1 is 1.04 bits per heavy atom. The first-order valence-electron chi connectivity index (χ1n) is 9.22. The van der Waals surface area contributed by atoms with Crippen molar-refractivity contribution in [2.24, 2.45) is 0 Å². The highest BCUT2D eigenvalue weighted by Gasteiger charge is 2.21. The van der Waals surface area contributed by atoms with Gasteiger partial charge in [-0.2, -0.15) is 0 Å². The molecule has 1 aromatic heterocycles. The van der Waals surface area contributed by atoms with Gasteiger partial charge in [-0.3, -0.25) is 4.79 Å². The first-order valence-corrected chi connectivity index (χ1v) is 9.60. The van der Waals surface area contributed by atoms with Gasteiger partial charge in [0, 0.05) is 29.1 Å². The van der Waals surface area contributed by atoms with Crippen LogP contribution >= 0.6 is 11.6 Å². The maximum atomic E-state index is 12.8. The second kappa shape index (κ2) is 7.98. The average molecular weight is 395 g/mol. The van der Waals surface area contributed by atoms with Crippen LogP contribution in [0.4, 0.5) is 0 Å². The molecule has 1 fully saturated rings. The fraction of sp³-hybridized carbons (Fsp3) is 0.227. The van der Waals surface area contributed by atoms with Crippen molar-refractivity contribution >= 4 is 34.4 Å². The number of carbonyl (C=O) groups excluding carboxylic acids is 2. The lowest BCUT2D eigenvalue weighted by Crippen LogP contribution is -2.32. The molecule has 2 heterocycles. The number of hydrogen-bond donors (Lipinski definition) is 0. The molecule has 5 nitrogen and oxygen atoms in total. The number of pyridine rings is 1. The van der Waals surface area contributed by atoms with Gasteiger partial charge in [0.1, 0.15) is 0 Å². The van der Waals surface area contributed by atoms with Gasteiger partial charge in [-0.25, -0.2) is 9.78 Å². The molecule has 28 heavy (non-hydrogen) atoms. The van der Waals surface area contributed by atoms with E-state index in [-0.39, 0.29) is 12.5 Å². The molecule has 0 atom stereocenters. The van der Waals surface area contributed by atoms with Crippen molar-refractivity contribution in [3.8, 4) is 11.3 Å². The summed E-state index contributed by atoms with van der Waals surface area (Å²) in [6, 6.07) is 16.4. The molecule has 0 spiro atoms. The number of esters is 1. The summed E-state index contributed by atoms with van der Waals surface area (Å²) in [5.41, 5.74) is 2.57. The topological polar surface area (TPSA) is 59.5 Å². The molecular formula is C22H19ClN2O3. The van der Waals surface area contributed by atoms with E-state index in [4.69, 9.17) is 16.3 Å². The van der Waals surface area contributed by atoms with E-state index in [1.807, 2.05) is 36.4 Å². The quantitative estimate of drug-likeness (QED) is 0.618. The number of amides is 1. The third-order valence-electron chi connectivity index (χ3n) is 4.86. The number of halogens is 1. The molecule has 4 rings (SSSR count). The SMILES string of the molecule is O=C(OCC(=O)N1CCCC1)c1cc(-c2ccc(Cl)cc2)nc2ccccc12. The molecule has 1 amide bonds. The standard InChI is InChI=1S/C22H19ClN2O3/c23-16-9-7-15(8-10-16)20-13-18(17-5-1-2-6-19(17)24-20)22(27)28-14-21(26)25-11-3-4-12-25/h1-2,5-10,13H,3-4,11-12,14H2. The average Bonchev–Trinajstić information content (AvgIpc) is 3.26. The number of para-hydroxylation sites is 1. The van der Waals surface area contributed by atoms with Crippen LogP contribution in [0.3, 0.4) is 0 Å². The van der Waals surface area contributed by atoms with Crippen LogP contribution in [0.1, 0.15) is 23.2 Å². The Morgan fingerprint density at radius 2 is 1.75 bits per heavy atom. The highest BCUT2D eigenvalue weighted by atomic mass is 35.5. The summed E-state index contributed by atoms with van der Waals surface area (Å²) < 4.78 is 5.34. The van der Waals surface area contributed by atoms with Gasteiger partial charge < -0.3 is 9.64 Å². The highest BCUT2D eigenvalue weighted by Crippen LogP contribution is 2.26. The summed E-state index contributed by atoms with van der Waals surface area (Å²) in [5, 5.41) is 1.32. The Kier molecular flexibility index (Phi) is 5.26. The minimum absolute atomic E-state index is 0.151. The minimum atomic E-state index is -0.527. The second-order valence-electron chi connectivity index (χ2n) is 6.74. The summed E-state index contributed by atoms with van der Waals surface area (Å²) in [5.74, 6) is -0.677. The van der Waals surface area contributed by atoms with Gasteiger partial charge in [0.25, 0.3) is 5.91 Å². The molecule has 1 saturated heterocycles. The van der Waals surface area contributed by atoms with Gasteiger partial charge in [-0.1, -0.05) is 41.9 Å². The van der Waals surface area contributed by atoms with Crippen LogP contribution in [-0.4, -0.2) is 41.5 Å². The van der Waals surface area contributed by atoms with E-state index in [0.717, 1.165) is 31.5 Å². The number of nitrogens with zero attached hydrogens (tertiary/aromatic N) is 2. The number of fused-ring (bicyclic) bond motifs is 1. The third-order valence-corrected chi connectivity index (χ3v) is 5.11. The van der Waals surface area contributed by atoms with E-state index in [2.05, 4.69) is 4.98 Å². The minimum Gasteiger partial charge on any atom is -0.452 e. The number of rotatable bonds is 4. The van der Waals surface area contributed by atoms with Crippen LogP contribution in [0.2, 0.25) is 5.02 Å². The van der Waals surface area contributed by atoms with Crippen molar-refractivity contribution in [1.82, 2.24) is 9.88 Å². The van der Waals surface area contributed by atoms with E-state index in [9.17, 15) is 9.59 Å². The lowest BCUT2D eigenvalue weighted by atomic mass is 10.0. The van der Waals surface area contributed by atoms with E-state index in [0.29, 0.717) is 27.2 Å². The van der Waals surface area contributed by atoms with Gasteiger partial charge in [-0.15, -0.1) is 0 Å². The van der Waals surface area contributed by atoms with Crippen LogP contribution in [0.15, 0.2) is 54.6 Å². The lowest BCUT2D eigenvalue weighted by molar-refractivity contribution is -0.133. The molecule has 3 aromatic rings. The van der Waals surface area contributed by atoms with E-state index < -0.39 is 5.97 Å². The summed E-state index contributed by atoms with van der Waals surface area (Å²) in [6.07, 6.45) is 2.00. The number of hydrogen-bond acceptors (Lipinski definition) is 4. The molecule has 0 bridgehead atoms. The van der Waals surface area contributed by atoms with Crippen LogP contribution in [0.5, 0.6) is 0 Å². The molecule has 2 aromatic carbocycles. The molecule has 0 saturated carbocycles. The predicted octanol–water partition coefficient (Wildman–Crippen LogP) is 4.33. The van der Waals surface area contributed by atoms with Crippen molar-refractivity contribution in [2.75, 3.05) is 19.7 Å². The third kappa shape index (κ3) is 3.85. The molecule has 0 N–H and O–H groups in total. The second-order valence-corrected chi connectivity index (χ2v) is 7.18. The number of likely N-dealkylation sites (tertiary alicyclic amines) is 1. The molecule has 1 aliphatic heterocycles. The van der Waals surface area contributed by atoms with E-state index in [1.54, 1.807) is 23.1 Å². The Bertz CT molecular complexity index is 1030. The zero-order valence-electron chi connectivity index (χ0n) is 15.2. The van der Waals surface area contributed by atoms with Gasteiger partial charge in [0.05, 0.1) is 16.8 Å². The largest absolute Gasteiger partial charge is 0.452 e. The van der Waals surface area contributed by atoms with Crippen molar-refractivity contribution in [3.05, 3.63) is 65.2 Å². The van der Waals surface area contributed by atoms with Gasteiger partial charge in [0.15, 0.2) is 6.61 Å². The molecule has 0 aliphatic carbocycles. The first kappa shape index (κ1) is 18.4. The maximum Gasteiger partial charge on any atom is 0.339 e. The summed E-state index contributed by atoms with van der Waals surface area (Å²) in [7, 11) is 0. The Morgan fingerprint density at radius 3 is 2.50 bits per heavy atom. The van der Waals surface area contributed by atoms with Gasteiger partial charge >= 0.3 is 5.97 Å². The van der Waals surface area contributed by atoms with Crippen molar-refractivity contribution < 1.29 is 14.3 Å². The molecular weight excluding hydrogens is 376 g/mol. The highest BCUT2D eigenvalue weighted by molar-refractivity contribution is 6.30. The van der Waals surface area contributed by atoms with Crippen LogP contribution in [-0.2, 0) is 9.53 Å². The van der Waals surface area contributed by atoms with Crippen LogP contribution in [0.25, 0.3) is 22.2 Å². The van der Waals surface area contributed by atoms with E-state index in [1.165, 1.54) is 0 Å². The number of ether oxygens (including phenoxy) is 1. The summed E-state index contributed by atoms with van der Waals surface area (Å²) >= 11 is 5.97. The molecule has 142 valence electrons. The summed E-state index contributed by atoms with van der Waals surface area (Å²) in [4.78, 5) is 31.3. The Hall–Kier alpha value is -2.92. The van der Waals surface area contributed by atoms with Crippen molar-refractivity contribution in [1.29, 1.82) is 0 Å². The molecule has 1 aliphatic rings. The van der Waals surface area contributed by atoms with Gasteiger partial charge in [0.2, 0.25) is 0 Å².